The summed E-state index contributed by atoms with van der Waals surface area (Å²) < 4.78 is 58.9. The highest BCUT2D eigenvalue weighted by atomic mass is 79.9. The molecule has 0 saturated carbocycles. The van der Waals surface area contributed by atoms with Gasteiger partial charge < -0.3 is 25.6 Å². The lowest BCUT2D eigenvalue weighted by atomic mass is 10.0. The predicted octanol–water partition coefficient (Wildman–Crippen LogP) is 4.70. The molecule has 1 aromatic heterocycles. The van der Waals surface area contributed by atoms with Gasteiger partial charge in [-0.3, -0.25) is 25.8 Å². The molecule has 242 valence electrons. The molecule has 2 aromatic carbocycles. The van der Waals surface area contributed by atoms with Crippen molar-refractivity contribution in [1.82, 2.24) is 15.8 Å². The van der Waals surface area contributed by atoms with Crippen LogP contribution in [0, 0.1) is 11.2 Å². The van der Waals surface area contributed by atoms with Gasteiger partial charge in [0.25, 0.3) is 11.8 Å². The number of amidine groups is 1. The van der Waals surface area contributed by atoms with Crippen LogP contribution in [0.25, 0.3) is 0 Å². The van der Waals surface area contributed by atoms with Gasteiger partial charge in [-0.1, -0.05) is 0 Å². The molecule has 3 rings (SSSR count). The first kappa shape index (κ1) is 36.3. The number of hydrazine groups is 1. The molecule has 45 heavy (non-hydrogen) atoms. The maximum Gasteiger partial charge on any atom is 0.490 e. The van der Waals surface area contributed by atoms with Gasteiger partial charge in [-0.05, 0) is 79.2 Å². The number of benzene rings is 2. The van der Waals surface area contributed by atoms with Gasteiger partial charge in [0.05, 0.1) is 12.7 Å². The smallest absolute Gasteiger partial charge is 0.490 e. The number of aliphatic carboxylic acids is 1. The second kappa shape index (κ2) is 16.2. The van der Waals surface area contributed by atoms with Crippen molar-refractivity contribution in [2.75, 3.05) is 11.9 Å². The minimum absolute atomic E-state index is 0.0500. The second-order valence-electron chi connectivity index (χ2n) is 9.07. The van der Waals surface area contributed by atoms with Crippen LogP contribution in [-0.2, 0) is 9.59 Å². The van der Waals surface area contributed by atoms with E-state index in [4.69, 9.17) is 30.5 Å². The zero-order valence-electron chi connectivity index (χ0n) is 24.0. The maximum atomic E-state index is 15.4. The first-order valence-electron chi connectivity index (χ1n) is 12.9. The van der Waals surface area contributed by atoms with Gasteiger partial charge >= 0.3 is 12.1 Å². The number of ether oxygens (including phenoxy) is 2. The van der Waals surface area contributed by atoms with E-state index in [1.807, 2.05) is 0 Å². The summed E-state index contributed by atoms with van der Waals surface area (Å²) in [5.74, 6) is -4.59. The van der Waals surface area contributed by atoms with Gasteiger partial charge in [-0.15, -0.1) is 0 Å². The minimum Gasteiger partial charge on any atom is -0.490 e. The number of pyridine rings is 1. The van der Waals surface area contributed by atoms with Gasteiger partial charge in [0.2, 0.25) is 0 Å². The number of nitrogens with zero attached hydrogens (tertiary/aromatic N) is 1. The number of halogens is 5. The maximum absolute atomic E-state index is 15.4. The third kappa shape index (κ3) is 10.9. The summed E-state index contributed by atoms with van der Waals surface area (Å²) in [5.41, 5.74) is 11.1. The highest BCUT2D eigenvalue weighted by Crippen LogP contribution is 2.35. The highest BCUT2D eigenvalue weighted by molar-refractivity contribution is 9.10. The lowest BCUT2D eigenvalue weighted by Gasteiger charge is -2.23. The van der Waals surface area contributed by atoms with Crippen molar-refractivity contribution in [3.63, 3.8) is 0 Å². The number of hydrogen-bond acceptors (Lipinski definition) is 8. The van der Waals surface area contributed by atoms with Crippen LogP contribution in [0.2, 0.25) is 0 Å². The number of carboxylic acid groups (broad SMARTS) is 1. The molecule has 2 amide bonds. The number of carboxylic acids is 1. The lowest BCUT2D eigenvalue weighted by Crippen LogP contribution is -2.46. The number of nitrogens with two attached hydrogens (primary N) is 1. The molecule has 1 heterocycles. The van der Waals surface area contributed by atoms with Crippen LogP contribution in [0.4, 0.5) is 23.2 Å². The first-order chi connectivity index (χ1) is 21.0. The molecule has 0 fully saturated rings. The van der Waals surface area contributed by atoms with Crippen molar-refractivity contribution in [1.29, 1.82) is 5.41 Å². The van der Waals surface area contributed by atoms with Crippen LogP contribution in [0.5, 0.6) is 11.5 Å². The molecule has 0 spiro atoms. The van der Waals surface area contributed by atoms with Crippen molar-refractivity contribution in [2.45, 2.75) is 39.1 Å². The topological polar surface area (TPSA) is 189 Å². The Balaban J connectivity index is 0.000000900. The lowest BCUT2D eigenvalue weighted by molar-refractivity contribution is -0.192. The monoisotopic (exact) mass is 700 g/mol. The summed E-state index contributed by atoms with van der Waals surface area (Å²) in [5, 5.41) is 17.7. The quantitative estimate of drug-likeness (QED) is 0.0754. The van der Waals surface area contributed by atoms with E-state index >= 15 is 4.39 Å². The van der Waals surface area contributed by atoms with Gasteiger partial charge in [0.1, 0.15) is 23.4 Å². The molecule has 7 N–H and O–H groups in total. The summed E-state index contributed by atoms with van der Waals surface area (Å²) in [6.07, 6.45) is -3.89. The number of rotatable bonds is 10. The number of nitrogen functional groups attached to an aromatic ring is 1. The number of carbonyl (C=O) groups is 3. The Morgan fingerprint density at radius 3 is 2.22 bits per heavy atom. The van der Waals surface area contributed by atoms with E-state index in [9.17, 15) is 22.8 Å². The number of hydrogen-bond donors (Lipinski definition) is 6. The van der Waals surface area contributed by atoms with E-state index < -0.39 is 35.8 Å². The van der Waals surface area contributed by atoms with Gasteiger partial charge in [0, 0.05) is 33.6 Å². The van der Waals surface area contributed by atoms with Gasteiger partial charge in [0.15, 0.2) is 11.5 Å². The average Bonchev–Trinajstić information content (AvgIpc) is 2.96. The molecule has 17 heteroatoms. The zero-order valence-corrected chi connectivity index (χ0v) is 25.5. The normalized spacial score (nSPS) is 11.4. The zero-order chi connectivity index (χ0) is 33.9. The summed E-state index contributed by atoms with van der Waals surface area (Å²) in [6.45, 7) is 5.65. The predicted molar refractivity (Wildman–Crippen MR) is 158 cm³/mol. The van der Waals surface area contributed by atoms with Crippen molar-refractivity contribution in [3.8, 4) is 11.5 Å². The number of carbonyl (C=O) groups excluding carboxylic acids is 2. The molecule has 3 aromatic rings. The van der Waals surface area contributed by atoms with E-state index in [1.54, 1.807) is 57.2 Å². The molecular formula is C28H29BrF4N6O6. The fourth-order valence-corrected chi connectivity index (χ4v) is 3.82. The Bertz CT molecular complexity index is 1520. The third-order valence-electron chi connectivity index (χ3n) is 5.32. The number of aromatic nitrogens is 1. The Morgan fingerprint density at radius 1 is 1.09 bits per heavy atom. The van der Waals surface area contributed by atoms with Crippen LogP contribution < -0.4 is 31.4 Å². The van der Waals surface area contributed by atoms with E-state index in [2.05, 4.69) is 37.1 Å². The molecular weight excluding hydrogens is 672 g/mol. The van der Waals surface area contributed by atoms with Gasteiger partial charge in [-0.25, -0.2) is 14.2 Å². The van der Waals surface area contributed by atoms with E-state index in [1.165, 1.54) is 12.3 Å². The first-order valence-corrected chi connectivity index (χ1v) is 13.7. The average molecular weight is 701 g/mol. The van der Waals surface area contributed by atoms with Crippen molar-refractivity contribution in [2.24, 2.45) is 5.73 Å². The van der Waals surface area contributed by atoms with Crippen LogP contribution >= 0.6 is 15.9 Å². The molecule has 0 saturated heterocycles. The second-order valence-corrected chi connectivity index (χ2v) is 9.92. The minimum atomic E-state index is -5.08. The Hall–Kier alpha value is -4.93. The molecule has 0 aliphatic heterocycles. The molecule has 1 unspecified atom stereocenters. The molecule has 1 atom stereocenters. The Labute approximate surface area is 262 Å². The molecule has 0 radical (unpaired) electrons. The summed E-state index contributed by atoms with van der Waals surface area (Å²) >= 11 is 3.24. The number of alkyl halides is 3. The summed E-state index contributed by atoms with van der Waals surface area (Å²) in [6, 6.07) is 10.9. The van der Waals surface area contributed by atoms with Gasteiger partial charge in [-0.2, -0.15) is 13.2 Å². The van der Waals surface area contributed by atoms with Crippen molar-refractivity contribution in [3.05, 3.63) is 81.8 Å². The SMILES string of the molecule is CCOc1cc(C(Nc2ccc(C(=N)N)cc2)C(=O)NNC(=O)c2ncccc2Br)c(F)cc1OC(C)C.O=C(O)C(F)(F)F. The number of amides is 2. The van der Waals surface area contributed by atoms with E-state index in [0.29, 0.717) is 15.7 Å². The molecule has 12 nitrogen and oxygen atoms in total. The molecule has 0 aliphatic carbocycles. The Kier molecular flexibility index (Phi) is 13.1. The molecule has 0 aliphatic rings. The van der Waals surface area contributed by atoms with Crippen LogP contribution in [0.15, 0.2) is 59.2 Å². The fraction of sp³-hybridized carbons (Fsp3) is 0.250. The fourth-order valence-electron chi connectivity index (χ4n) is 3.39. The summed E-state index contributed by atoms with van der Waals surface area (Å²) in [4.78, 5) is 38.8. The standard InChI is InChI=1S/C26H28BrFN6O4.C2HF3O2/c1-4-37-20-12-17(19(28)13-21(20)38-14(2)3)22(32-16-9-7-15(8-10-16)24(29)30)25(35)33-34-26(36)23-18(27)6-5-11-31-23;3-2(4,5)1(6)7/h5-14,22,32H,4H2,1-3H3,(H3,29,30)(H,33,35)(H,34,36);(H,6,7). The highest BCUT2D eigenvalue weighted by Gasteiger charge is 2.38. The van der Waals surface area contributed by atoms with Crippen LogP contribution in [0.1, 0.15) is 48.4 Å². The van der Waals surface area contributed by atoms with E-state index in [-0.39, 0.29) is 41.3 Å². The third-order valence-corrected chi connectivity index (χ3v) is 5.96. The van der Waals surface area contributed by atoms with Crippen LogP contribution in [-0.4, -0.2) is 52.6 Å². The number of nitrogens with one attached hydrogen (secondary N) is 4. The van der Waals surface area contributed by atoms with Crippen molar-refractivity contribution >= 4 is 45.2 Å². The largest absolute Gasteiger partial charge is 0.490 e. The number of anilines is 1. The van der Waals surface area contributed by atoms with E-state index in [0.717, 1.165) is 6.07 Å². The Morgan fingerprint density at radius 2 is 1.71 bits per heavy atom. The summed E-state index contributed by atoms with van der Waals surface area (Å²) in [7, 11) is 0. The molecule has 0 bridgehead atoms. The van der Waals surface area contributed by atoms with Crippen LogP contribution in [0.3, 0.4) is 0 Å². The van der Waals surface area contributed by atoms with Crippen molar-refractivity contribution < 1.29 is 46.5 Å².